The highest BCUT2D eigenvalue weighted by molar-refractivity contribution is 8.00. The quantitative estimate of drug-likeness (QED) is 0.564. The van der Waals surface area contributed by atoms with Crippen LogP contribution in [0.3, 0.4) is 0 Å². The van der Waals surface area contributed by atoms with Gasteiger partial charge in [0.2, 0.25) is 0 Å². The molecular weight excluding hydrogens is 218 g/mol. The normalized spacial score (nSPS) is 26.1. The van der Waals surface area contributed by atoms with Crippen LogP contribution < -0.4 is 5.73 Å². The third-order valence-corrected chi connectivity index (χ3v) is 5.19. The van der Waals surface area contributed by atoms with Crippen LogP contribution in [0.5, 0.6) is 0 Å². The monoisotopic (exact) mass is 241 g/mol. The van der Waals surface area contributed by atoms with Crippen LogP contribution in [0.15, 0.2) is 4.99 Å². The molecule has 2 aliphatic rings. The van der Waals surface area contributed by atoms with Gasteiger partial charge in [-0.1, -0.05) is 19.3 Å². The van der Waals surface area contributed by atoms with Crippen molar-refractivity contribution in [2.45, 2.75) is 43.8 Å². The molecule has 0 radical (unpaired) electrons. The molecule has 0 atom stereocenters. The Morgan fingerprint density at radius 1 is 1.38 bits per heavy atom. The lowest BCUT2D eigenvalue weighted by molar-refractivity contribution is 0.297. The van der Waals surface area contributed by atoms with Gasteiger partial charge in [-0.05, 0) is 19.8 Å². The Labute approximate surface area is 103 Å². The van der Waals surface area contributed by atoms with E-state index < -0.39 is 0 Å². The molecule has 1 heterocycles. The standard InChI is InChI=1S/C12H23N3S/c1-2-14-11(13)15-8-9-16-12(10-15)6-4-3-5-7-12/h2-10H2,1H3,(H2,13,14). The van der Waals surface area contributed by atoms with Crippen LogP contribution in [0.2, 0.25) is 0 Å². The van der Waals surface area contributed by atoms with Crippen molar-refractivity contribution in [1.82, 2.24) is 4.90 Å². The number of hydrogen-bond donors (Lipinski definition) is 1. The van der Waals surface area contributed by atoms with Crippen LogP contribution in [-0.2, 0) is 0 Å². The van der Waals surface area contributed by atoms with Gasteiger partial charge >= 0.3 is 0 Å². The maximum absolute atomic E-state index is 6.02. The zero-order valence-electron chi connectivity index (χ0n) is 10.2. The van der Waals surface area contributed by atoms with E-state index in [4.69, 9.17) is 5.73 Å². The molecule has 3 nitrogen and oxygen atoms in total. The number of thioether (sulfide) groups is 1. The molecule has 0 unspecified atom stereocenters. The molecule has 1 saturated heterocycles. The van der Waals surface area contributed by atoms with Crippen molar-refractivity contribution in [3.63, 3.8) is 0 Å². The summed E-state index contributed by atoms with van der Waals surface area (Å²) in [6.07, 6.45) is 6.94. The maximum Gasteiger partial charge on any atom is 0.191 e. The van der Waals surface area contributed by atoms with Gasteiger partial charge in [-0.3, -0.25) is 4.99 Å². The van der Waals surface area contributed by atoms with E-state index in [0.717, 1.165) is 25.6 Å². The van der Waals surface area contributed by atoms with E-state index in [1.807, 2.05) is 6.92 Å². The fourth-order valence-electron chi connectivity index (χ4n) is 2.80. The van der Waals surface area contributed by atoms with Crippen molar-refractivity contribution in [3.8, 4) is 0 Å². The molecule has 0 aromatic carbocycles. The van der Waals surface area contributed by atoms with E-state index in [9.17, 15) is 0 Å². The lowest BCUT2D eigenvalue weighted by atomic mass is 9.87. The Bertz CT molecular complexity index is 253. The summed E-state index contributed by atoms with van der Waals surface area (Å²) in [7, 11) is 0. The molecule has 1 aliphatic heterocycles. The Hall–Kier alpha value is -0.380. The summed E-state index contributed by atoms with van der Waals surface area (Å²) >= 11 is 2.17. The minimum Gasteiger partial charge on any atom is -0.370 e. The topological polar surface area (TPSA) is 41.6 Å². The van der Waals surface area contributed by atoms with Gasteiger partial charge in [-0.25, -0.2) is 0 Å². The summed E-state index contributed by atoms with van der Waals surface area (Å²) in [6.45, 7) is 5.03. The highest BCUT2D eigenvalue weighted by Crippen LogP contribution is 2.42. The summed E-state index contributed by atoms with van der Waals surface area (Å²) < 4.78 is 0.490. The van der Waals surface area contributed by atoms with E-state index in [-0.39, 0.29) is 0 Å². The Balaban J connectivity index is 2.00. The zero-order valence-corrected chi connectivity index (χ0v) is 11.1. The van der Waals surface area contributed by atoms with Gasteiger partial charge in [-0.2, -0.15) is 11.8 Å². The van der Waals surface area contributed by atoms with Crippen molar-refractivity contribution in [2.24, 2.45) is 10.7 Å². The van der Waals surface area contributed by atoms with Crippen LogP contribution >= 0.6 is 11.8 Å². The predicted octanol–water partition coefficient (Wildman–Crippen LogP) is 2.07. The number of guanidine groups is 1. The number of rotatable bonds is 1. The molecule has 16 heavy (non-hydrogen) atoms. The molecule has 2 fully saturated rings. The first-order chi connectivity index (χ1) is 7.76. The van der Waals surface area contributed by atoms with Gasteiger partial charge in [-0.15, -0.1) is 0 Å². The van der Waals surface area contributed by atoms with Gasteiger partial charge in [0.05, 0.1) is 0 Å². The second-order valence-corrected chi connectivity index (χ2v) is 6.41. The van der Waals surface area contributed by atoms with Crippen molar-refractivity contribution < 1.29 is 0 Å². The number of nitrogens with zero attached hydrogens (tertiary/aromatic N) is 2. The Morgan fingerprint density at radius 2 is 2.12 bits per heavy atom. The van der Waals surface area contributed by atoms with Crippen LogP contribution in [0, 0.1) is 0 Å². The van der Waals surface area contributed by atoms with Gasteiger partial charge in [0.25, 0.3) is 0 Å². The number of nitrogens with two attached hydrogens (primary N) is 1. The minimum atomic E-state index is 0.490. The first kappa shape index (κ1) is 12.1. The second kappa shape index (κ2) is 5.30. The molecule has 2 rings (SSSR count). The summed E-state index contributed by atoms with van der Waals surface area (Å²) in [4.78, 5) is 6.63. The molecule has 92 valence electrons. The average Bonchev–Trinajstić information content (AvgIpc) is 2.30. The van der Waals surface area contributed by atoms with Crippen LogP contribution in [0.4, 0.5) is 0 Å². The average molecular weight is 241 g/mol. The van der Waals surface area contributed by atoms with Crippen molar-refractivity contribution in [3.05, 3.63) is 0 Å². The zero-order chi connectivity index (χ0) is 11.4. The summed E-state index contributed by atoms with van der Waals surface area (Å²) in [6, 6.07) is 0. The SMILES string of the molecule is CCN=C(N)N1CCSC2(CCCCC2)C1. The fraction of sp³-hybridized carbons (Fsp3) is 0.917. The van der Waals surface area contributed by atoms with E-state index in [1.165, 1.54) is 37.9 Å². The van der Waals surface area contributed by atoms with Crippen molar-refractivity contribution >= 4 is 17.7 Å². The molecule has 0 amide bonds. The largest absolute Gasteiger partial charge is 0.370 e. The van der Waals surface area contributed by atoms with E-state index in [2.05, 4.69) is 21.7 Å². The van der Waals surface area contributed by atoms with Gasteiger partial charge in [0.15, 0.2) is 5.96 Å². The number of hydrogen-bond acceptors (Lipinski definition) is 2. The third-order valence-electron chi connectivity index (χ3n) is 3.66. The maximum atomic E-state index is 6.02. The minimum absolute atomic E-state index is 0.490. The van der Waals surface area contributed by atoms with E-state index in [1.54, 1.807) is 0 Å². The highest BCUT2D eigenvalue weighted by atomic mass is 32.2. The Kier molecular flexibility index (Phi) is 4.00. The van der Waals surface area contributed by atoms with Crippen LogP contribution in [-0.4, -0.2) is 41.0 Å². The predicted molar refractivity (Wildman–Crippen MR) is 72.0 cm³/mol. The fourth-order valence-corrected chi connectivity index (χ4v) is 4.37. The summed E-state index contributed by atoms with van der Waals surface area (Å²) in [5.74, 6) is 1.97. The molecule has 1 saturated carbocycles. The van der Waals surface area contributed by atoms with Crippen LogP contribution in [0.25, 0.3) is 0 Å². The van der Waals surface area contributed by atoms with Gasteiger partial charge in [0.1, 0.15) is 0 Å². The second-order valence-electron chi connectivity index (χ2n) is 4.85. The molecule has 0 aromatic heterocycles. The third kappa shape index (κ3) is 2.65. The summed E-state index contributed by atoms with van der Waals surface area (Å²) in [5, 5.41) is 0. The molecule has 4 heteroatoms. The molecule has 2 N–H and O–H groups in total. The molecular formula is C12H23N3S. The first-order valence-electron chi connectivity index (χ1n) is 6.45. The highest BCUT2D eigenvalue weighted by Gasteiger charge is 2.37. The van der Waals surface area contributed by atoms with Crippen molar-refractivity contribution in [1.29, 1.82) is 0 Å². The van der Waals surface area contributed by atoms with Gasteiger partial charge < -0.3 is 10.6 Å². The van der Waals surface area contributed by atoms with Gasteiger partial charge in [0, 0.05) is 30.1 Å². The molecule has 0 aromatic rings. The Morgan fingerprint density at radius 3 is 2.81 bits per heavy atom. The number of aliphatic imine (C=N–C) groups is 1. The lowest BCUT2D eigenvalue weighted by Gasteiger charge is -2.45. The molecule has 1 aliphatic carbocycles. The lowest BCUT2D eigenvalue weighted by Crippen LogP contribution is -2.52. The summed E-state index contributed by atoms with van der Waals surface area (Å²) in [5.41, 5.74) is 6.02. The van der Waals surface area contributed by atoms with Crippen LogP contribution in [0.1, 0.15) is 39.0 Å². The van der Waals surface area contributed by atoms with E-state index in [0.29, 0.717) is 4.75 Å². The molecule has 0 bridgehead atoms. The smallest absolute Gasteiger partial charge is 0.191 e. The van der Waals surface area contributed by atoms with E-state index >= 15 is 0 Å². The molecule has 1 spiro atoms. The van der Waals surface area contributed by atoms with Crippen molar-refractivity contribution in [2.75, 3.05) is 25.4 Å². The first-order valence-corrected chi connectivity index (χ1v) is 7.43.